The molecule has 190 valence electrons. The highest BCUT2D eigenvalue weighted by atomic mass is 16.3. The third kappa shape index (κ3) is 4.51. The lowest BCUT2D eigenvalue weighted by Crippen LogP contribution is -2.10. The van der Waals surface area contributed by atoms with Crippen LogP contribution in [0.4, 0.5) is 0 Å². The zero-order valence-corrected chi connectivity index (χ0v) is 22.8. The molecule has 4 heteroatoms. The first-order valence-corrected chi connectivity index (χ1v) is 13.1. The van der Waals surface area contributed by atoms with Crippen LogP contribution < -0.4 is 0 Å². The van der Waals surface area contributed by atoms with E-state index in [0.29, 0.717) is 0 Å². The summed E-state index contributed by atoms with van der Waals surface area (Å²) in [5.41, 5.74) is 7.56. The van der Waals surface area contributed by atoms with Crippen molar-refractivity contribution in [3.63, 3.8) is 0 Å². The second-order valence-electron chi connectivity index (χ2n) is 12.0. The summed E-state index contributed by atoms with van der Waals surface area (Å²) in [5.74, 6) is 1.49. The molecule has 0 amide bonds. The van der Waals surface area contributed by atoms with Gasteiger partial charge in [0, 0.05) is 10.8 Å². The maximum absolute atomic E-state index is 6.17. The van der Waals surface area contributed by atoms with Crippen LogP contribution in [0.25, 0.3) is 56.2 Å². The fourth-order valence-electron chi connectivity index (χ4n) is 4.70. The van der Waals surface area contributed by atoms with Gasteiger partial charge in [-0.05, 0) is 82.6 Å². The molecule has 0 aliphatic heterocycles. The number of benzene rings is 2. The predicted molar refractivity (Wildman–Crippen MR) is 155 cm³/mol. The summed E-state index contributed by atoms with van der Waals surface area (Å²) in [4.78, 5) is 9.82. The third-order valence-corrected chi connectivity index (χ3v) is 7.03. The molecule has 0 aliphatic rings. The molecule has 0 bridgehead atoms. The molecule has 0 aliphatic carbocycles. The van der Waals surface area contributed by atoms with Gasteiger partial charge in [0.15, 0.2) is 11.5 Å². The Morgan fingerprint density at radius 2 is 0.868 bits per heavy atom. The summed E-state index contributed by atoms with van der Waals surface area (Å²) in [6.07, 6.45) is 0. The van der Waals surface area contributed by atoms with Crippen LogP contribution in [0.15, 0.2) is 93.8 Å². The topological polar surface area (TPSA) is 52.1 Å². The Morgan fingerprint density at radius 3 is 1.26 bits per heavy atom. The van der Waals surface area contributed by atoms with E-state index in [1.165, 1.54) is 11.1 Å². The van der Waals surface area contributed by atoms with Crippen LogP contribution in [0, 0.1) is 0 Å². The maximum atomic E-state index is 6.17. The predicted octanol–water partition coefficient (Wildman–Crippen LogP) is 9.56. The largest absolute Gasteiger partial charge is 0.454 e. The zero-order valence-electron chi connectivity index (χ0n) is 22.8. The summed E-state index contributed by atoms with van der Waals surface area (Å²) in [7, 11) is 0. The monoisotopic (exact) mass is 500 g/mol. The number of fused-ring (bicyclic) bond motifs is 2. The molecule has 0 saturated heterocycles. The van der Waals surface area contributed by atoms with Crippen LogP contribution in [0.5, 0.6) is 0 Å². The molecule has 0 unspecified atom stereocenters. The highest BCUT2D eigenvalue weighted by molar-refractivity contribution is 5.84. The van der Waals surface area contributed by atoms with Crippen molar-refractivity contribution in [1.82, 2.24) is 9.97 Å². The van der Waals surface area contributed by atoms with Crippen molar-refractivity contribution >= 4 is 21.9 Å². The molecule has 38 heavy (non-hydrogen) atoms. The van der Waals surface area contributed by atoms with Crippen LogP contribution in [0.1, 0.15) is 52.7 Å². The SMILES string of the molecule is CC(C)(C)c1ccc2oc(-c3cccc(-c4cccc(-c5cc6cc(C(C)(C)C)ccc6o5)n4)n3)cc2c1. The average molecular weight is 501 g/mol. The van der Waals surface area contributed by atoms with E-state index in [4.69, 9.17) is 18.8 Å². The van der Waals surface area contributed by atoms with Crippen molar-refractivity contribution in [2.75, 3.05) is 0 Å². The smallest absolute Gasteiger partial charge is 0.153 e. The van der Waals surface area contributed by atoms with Crippen molar-refractivity contribution in [1.29, 1.82) is 0 Å². The van der Waals surface area contributed by atoms with Crippen LogP contribution in [0.3, 0.4) is 0 Å². The standard InChI is InChI=1S/C34H32N2O2/c1-33(2,3)23-13-15-29-21(17-23)19-31(37-29)27-11-7-9-25(35-27)26-10-8-12-28(36-26)32-20-22-18-24(34(4,5)6)14-16-30(22)38-32/h7-20H,1-6H3. The quantitative estimate of drug-likeness (QED) is 0.243. The summed E-state index contributed by atoms with van der Waals surface area (Å²) < 4.78 is 12.3. The van der Waals surface area contributed by atoms with Gasteiger partial charge < -0.3 is 8.83 Å². The fraction of sp³-hybridized carbons (Fsp3) is 0.235. The molecule has 0 fully saturated rings. The summed E-state index contributed by atoms with van der Waals surface area (Å²) >= 11 is 0. The number of pyridine rings is 2. The van der Waals surface area contributed by atoms with Crippen LogP contribution >= 0.6 is 0 Å². The zero-order chi connectivity index (χ0) is 26.7. The van der Waals surface area contributed by atoms with Gasteiger partial charge in [-0.1, -0.05) is 65.8 Å². The molecule has 4 nitrogen and oxygen atoms in total. The Labute approximate surface area is 223 Å². The minimum absolute atomic E-state index is 0.0786. The van der Waals surface area contributed by atoms with Crippen molar-refractivity contribution < 1.29 is 8.83 Å². The number of furan rings is 2. The van der Waals surface area contributed by atoms with Crippen LogP contribution in [-0.4, -0.2) is 9.97 Å². The molecule has 4 aromatic heterocycles. The Kier molecular flexibility index (Phi) is 5.53. The number of hydrogen-bond donors (Lipinski definition) is 0. The first kappa shape index (κ1) is 24.2. The van der Waals surface area contributed by atoms with Crippen molar-refractivity contribution in [3.8, 4) is 34.3 Å². The Balaban J connectivity index is 1.34. The molecule has 0 spiro atoms. The molecule has 6 rings (SSSR count). The van der Waals surface area contributed by atoms with E-state index in [0.717, 1.165) is 56.2 Å². The van der Waals surface area contributed by atoms with E-state index < -0.39 is 0 Å². The molecule has 2 aromatic carbocycles. The number of rotatable bonds is 3. The molecule has 0 saturated carbocycles. The first-order valence-electron chi connectivity index (χ1n) is 13.1. The number of aromatic nitrogens is 2. The molecule has 0 atom stereocenters. The van der Waals surface area contributed by atoms with E-state index in [-0.39, 0.29) is 10.8 Å². The fourth-order valence-corrected chi connectivity index (χ4v) is 4.70. The van der Waals surface area contributed by atoms with Gasteiger partial charge in [0.05, 0.1) is 11.4 Å². The average Bonchev–Trinajstić information content (AvgIpc) is 3.51. The molecule has 4 heterocycles. The van der Waals surface area contributed by atoms with E-state index >= 15 is 0 Å². The molecule has 0 radical (unpaired) electrons. The summed E-state index contributed by atoms with van der Waals surface area (Å²) in [6, 6.07) is 28.8. The lowest BCUT2D eigenvalue weighted by atomic mass is 9.86. The minimum Gasteiger partial charge on any atom is -0.454 e. The second-order valence-corrected chi connectivity index (χ2v) is 12.0. The second kappa shape index (κ2) is 8.70. The lowest BCUT2D eigenvalue weighted by Gasteiger charge is -2.18. The number of nitrogens with zero attached hydrogens (tertiary/aromatic N) is 2. The van der Waals surface area contributed by atoms with Gasteiger partial charge >= 0.3 is 0 Å². The normalized spacial score (nSPS) is 12.5. The van der Waals surface area contributed by atoms with Gasteiger partial charge in [-0.15, -0.1) is 0 Å². The van der Waals surface area contributed by atoms with Gasteiger partial charge in [0.2, 0.25) is 0 Å². The van der Waals surface area contributed by atoms with Crippen molar-refractivity contribution in [2.24, 2.45) is 0 Å². The highest BCUT2D eigenvalue weighted by Gasteiger charge is 2.18. The number of hydrogen-bond acceptors (Lipinski definition) is 4. The van der Waals surface area contributed by atoms with Crippen LogP contribution in [0.2, 0.25) is 0 Å². The van der Waals surface area contributed by atoms with Gasteiger partial charge in [-0.2, -0.15) is 0 Å². The molecular weight excluding hydrogens is 468 g/mol. The maximum Gasteiger partial charge on any atom is 0.153 e. The van der Waals surface area contributed by atoms with E-state index in [9.17, 15) is 0 Å². The van der Waals surface area contributed by atoms with Gasteiger partial charge in [-0.3, -0.25) is 0 Å². The van der Waals surface area contributed by atoms with Crippen molar-refractivity contribution in [3.05, 3.63) is 96.1 Å². The van der Waals surface area contributed by atoms with E-state index in [2.05, 4.69) is 77.9 Å². The van der Waals surface area contributed by atoms with Gasteiger partial charge in [0.25, 0.3) is 0 Å². The Hall–Kier alpha value is -4.18. The van der Waals surface area contributed by atoms with Gasteiger partial charge in [-0.25, -0.2) is 9.97 Å². The Bertz CT molecular complexity index is 1660. The molecule has 6 aromatic rings. The Morgan fingerprint density at radius 1 is 0.474 bits per heavy atom. The van der Waals surface area contributed by atoms with Crippen molar-refractivity contribution in [2.45, 2.75) is 52.4 Å². The highest BCUT2D eigenvalue weighted by Crippen LogP contribution is 2.34. The lowest BCUT2D eigenvalue weighted by molar-refractivity contribution is 0.589. The van der Waals surface area contributed by atoms with Gasteiger partial charge in [0.1, 0.15) is 22.6 Å². The third-order valence-electron chi connectivity index (χ3n) is 7.03. The summed E-state index contributed by atoms with van der Waals surface area (Å²) in [6.45, 7) is 13.3. The van der Waals surface area contributed by atoms with E-state index in [1.807, 2.05) is 48.5 Å². The van der Waals surface area contributed by atoms with E-state index in [1.54, 1.807) is 0 Å². The summed E-state index contributed by atoms with van der Waals surface area (Å²) in [5, 5.41) is 2.17. The first-order chi connectivity index (χ1) is 18.0. The minimum atomic E-state index is 0.0786. The molecular formula is C34H32N2O2. The molecule has 0 N–H and O–H groups in total. The van der Waals surface area contributed by atoms with Crippen LogP contribution in [-0.2, 0) is 10.8 Å².